The fourth-order valence-electron chi connectivity index (χ4n) is 3.31. The van der Waals surface area contributed by atoms with Crippen LogP contribution in [-0.2, 0) is 6.42 Å². The molecule has 1 aliphatic heterocycles. The van der Waals surface area contributed by atoms with E-state index in [0.29, 0.717) is 11.1 Å². The van der Waals surface area contributed by atoms with Crippen molar-refractivity contribution in [1.82, 2.24) is 4.90 Å². The van der Waals surface area contributed by atoms with Crippen molar-refractivity contribution in [3.63, 3.8) is 0 Å². The predicted molar refractivity (Wildman–Crippen MR) is 90.8 cm³/mol. The summed E-state index contributed by atoms with van der Waals surface area (Å²) in [5.41, 5.74) is 3.44. The molecule has 0 bridgehead atoms. The van der Waals surface area contributed by atoms with Crippen LogP contribution in [0.3, 0.4) is 0 Å². The molecule has 2 aromatic carbocycles. The average molecular weight is 307 g/mol. The highest BCUT2D eigenvalue weighted by Gasteiger charge is 2.29. The number of hydrogen-bond donors (Lipinski definition) is 0. The van der Waals surface area contributed by atoms with Gasteiger partial charge in [0, 0.05) is 23.7 Å². The summed E-state index contributed by atoms with van der Waals surface area (Å²) < 4.78 is 0. The minimum atomic E-state index is 0.0731. The molecule has 0 spiro atoms. The minimum Gasteiger partial charge on any atom is -0.335 e. The van der Waals surface area contributed by atoms with E-state index in [1.54, 1.807) is 12.1 Å². The average Bonchev–Trinajstić information content (AvgIpc) is 3.03. The zero-order chi connectivity index (χ0) is 16.2. The van der Waals surface area contributed by atoms with Crippen molar-refractivity contribution in [1.29, 1.82) is 0 Å². The molecule has 118 valence electrons. The Kier molecular flexibility index (Phi) is 4.56. The number of hydrogen-bond acceptors (Lipinski definition) is 2. The largest absolute Gasteiger partial charge is 0.335 e. The minimum absolute atomic E-state index is 0.0731. The van der Waals surface area contributed by atoms with Crippen LogP contribution >= 0.6 is 0 Å². The zero-order valence-corrected chi connectivity index (χ0v) is 13.4. The smallest absolute Gasteiger partial charge is 0.254 e. The van der Waals surface area contributed by atoms with Crippen LogP contribution in [0, 0.1) is 6.92 Å². The SMILES string of the molecule is Cc1cc(C(=O)N2CCCC2Cc2ccccc2)ccc1C=O. The molecule has 2 aromatic rings. The standard InChI is InChI=1S/C20H21NO2/c1-15-12-17(9-10-18(15)14-22)20(23)21-11-5-8-19(21)13-16-6-3-2-4-7-16/h2-4,6-7,9-10,12,14,19H,5,8,11,13H2,1H3. The summed E-state index contributed by atoms with van der Waals surface area (Å²) in [6, 6.07) is 15.9. The Hall–Kier alpha value is -2.42. The Labute approximate surface area is 136 Å². The van der Waals surface area contributed by atoms with Gasteiger partial charge in [0.1, 0.15) is 6.29 Å². The van der Waals surface area contributed by atoms with Gasteiger partial charge in [-0.15, -0.1) is 0 Å². The Morgan fingerprint density at radius 1 is 1.22 bits per heavy atom. The summed E-state index contributed by atoms with van der Waals surface area (Å²) in [7, 11) is 0. The lowest BCUT2D eigenvalue weighted by Crippen LogP contribution is -2.36. The second-order valence-electron chi connectivity index (χ2n) is 6.17. The van der Waals surface area contributed by atoms with E-state index >= 15 is 0 Å². The van der Waals surface area contributed by atoms with Gasteiger partial charge in [0.15, 0.2) is 0 Å². The number of benzene rings is 2. The summed E-state index contributed by atoms with van der Waals surface area (Å²) in [5, 5.41) is 0. The Balaban J connectivity index is 1.78. The van der Waals surface area contributed by atoms with E-state index in [1.807, 2.05) is 36.1 Å². The molecule has 0 aliphatic carbocycles. The number of rotatable bonds is 4. The van der Waals surface area contributed by atoms with Gasteiger partial charge < -0.3 is 4.90 Å². The van der Waals surface area contributed by atoms with Crippen LogP contribution in [0.1, 0.15) is 44.7 Å². The molecule has 1 unspecified atom stereocenters. The summed E-state index contributed by atoms with van der Waals surface area (Å²) >= 11 is 0. The fourth-order valence-corrected chi connectivity index (χ4v) is 3.31. The van der Waals surface area contributed by atoms with Crippen LogP contribution in [0.4, 0.5) is 0 Å². The van der Waals surface area contributed by atoms with Crippen LogP contribution in [0.5, 0.6) is 0 Å². The molecule has 1 saturated heterocycles. The maximum absolute atomic E-state index is 12.8. The molecule has 1 heterocycles. The summed E-state index contributed by atoms with van der Waals surface area (Å²) in [4.78, 5) is 25.8. The lowest BCUT2D eigenvalue weighted by atomic mass is 10.0. The first kappa shape index (κ1) is 15.5. The van der Waals surface area contributed by atoms with Gasteiger partial charge in [-0.05, 0) is 49.4 Å². The molecule has 1 atom stereocenters. The lowest BCUT2D eigenvalue weighted by Gasteiger charge is -2.25. The zero-order valence-electron chi connectivity index (χ0n) is 13.4. The molecule has 3 rings (SSSR count). The van der Waals surface area contributed by atoms with Gasteiger partial charge >= 0.3 is 0 Å². The molecule has 3 nitrogen and oxygen atoms in total. The topological polar surface area (TPSA) is 37.4 Å². The van der Waals surface area contributed by atoms with Gasteiger partial charge in [-0.2, -0.15) is 0 Å². The highest BCUT2D eigenvalue weighted by atomic mass is 16.2. The van der Waals surface area contributed by atoms with Gasteiger partial charge in [-0.1, -0.05) is 36.4 Å². The number of carbonyl (C=O) groups excluding carboxylic acids is 2. The summed E-state index contributed by atoms with van der Waals surface area (Å²) in [6.45, 7) is 2.68. The summed E-state index contributed by atoms with van der Waals surface area (Å²) in [5.74, 6) is 0.0731. The number of aldehydes is 1. The van der Waals surface area contributed by atoms with Crippen LogP contribution < -0.4 is 0 Å². The Bertz CT molecular complexity index is 709. The molecule has 1 aliphatic rings. The molecular weight excluding hydrogens is 286 g/mol. The van der Waals surface area contributed by atoms with Gasteiger partial charge in [0.2, 0.25) is 0 Å². The van der Waals surface area contributed by atoms with Crippen molar-refractivity contribution in [3.05, 3.63) is 70.8 Å². The lowest BCUT2D eigenvalue weighted by molar-refractivity contribution is 0.0736. The van der Waals surface area contributed by atoms with Crippen LogP contribution in [0.25, 0.3) is 0 Å². The highest BCUT2D eigenvalue weighted by Crippen LogP contribution is 2.24. The van der Waals surface area contributed by atoms with E-state index in [1.165, 1.54) is 5.56 Å². The van der Waals surface area contributed by atoms with E-state index in [0.717, 1.165) is 37.7 Å². The maximum atomic E-state index is 12.8. The van der Waals surface area contributed by atoms with Gasteiger partial charge in [-0.3, -0.25) is 9.59 Å². The molecule has 1 amide bonds. The number of carbonyl (C=O) groups is 2. The third-order valence-corrected chi connectivity index (χ3v) is 4.60. The van der Waals surface area contributed by atoms with Crippen LogP contribution in [0.2, 0.25) is 0 Å². The quantitative estimate of drug-likeness (QED) is 0.809. The molecule has 0 N–H and O–H groups in total. The Morgan fingerprint density at radius 3 is 2.70 bits per heavy atom. The molecule has 3 heteroatoms. The first-order valence-electron chi connectivity index (χ1n) is 8.10. The molecule has 1 fully saturated rings. The number of aryl methyl sites for hydroxylation is 1. The molecular formula is C20H21NO2. The number of amides is 1. The molecule has 0 saturated carbocycles. The van der Waals surface area contributed by atoms with E-state index < -0.39 is 0 Å². The van der Waals surface area contributed by atoms with Crippen LogP contribution in [-0.4, -0.2) is 29.7 Å². The van der Waals surface area contributed by atoms with Crippen molar-refractivity contribution in [2.45, 2.75) is 32.2 Å². The fraction of sp³-hybridized carbons (Fsp3) is 0.300. The first-order valence-corrected chi connectivity index (χ1v) is 8.10. The molecule has 23 heavy (non-hydrogen) atoms. The van der Waals surface area contributed by atoms with Crippen molar-refractivity contribution < 1.29 is 9.59 Å². The van der Waals surface area contributed by atoms with Gasteiger partial charge in [-0.25, -0.2) is 0 Å². The number of nitrogens with zero attached hydrogens (tertiary/aromatic N) is 1. The third kappa shape index (κ3) is 3.34. The van der Waals surface area contributed by atoms with Gasteiger partial charge in [0.05, 0.1) is 0 Å². The number of likely N-dealkylation sites (tertiary alicyclic amines) is 1. The van der Waals surface area contributed by atoms with Crippen molar-refractivity contribution >= 4 is 12.2 Å². The van der Waals surface area contributed by atoms with E-state index in [2.05, 4.69) is 12.1 Å². The monoisotopic (exact) mass is 307 g/mol. The maximum Gasteiger partial charge on any atom is 0.254 e. The molecule has 0 radical (unpaired) electrons. The van der Waals surface area contributed by atoms with Crippen molar-refractivity contribution in [3.8, 4) is 0 Å². The second kappa shape index (κ2) is 6.78. The predicted octanol–water partition coefficient (Wildman–Crippen LogP) is 3.65. The third-order valence-electron chi connectivity index (χ3n) is 4.60. The van der Waals surface area contributed by atoms with Crippen molar-refractivity contribution in [2.75, 3.05) is 6.54 Å². The van der Waals surface area contributed by atoms with E-state index in [4.69, 9.17) is 0 Å². The van der Waals surface area contributed by atoms with E-state index in [-0.39, 0.29) is 11.9 Å². The van der Waals surface area contributed by atoms with E-state index in [9.17, 15) is 9.59 Å². The molecule has 0 aromatic heterocycles. The van der Waals surface area contributed by atoms with Crippen LogP contribution in [0.15, 0.2) is 48.5 Å². The summed E-state index contributed by atoms with van der Waals surface area (Å²) in [6.07, 6.45) is 3.83. The second-order valence-corrected chi connectivity index (χ2v) is 6.17. The Morgan fingerprint density at radius 2 is 2.00 bits per heavy atom. The first-order chi connectivity index (χ1) is 11.2. The normalized spacial score (nSPS) is 17.3. The highest BCUT2D eigenvalue weighted by molar-refractivity contribution is 5.95. The van der Waals surface area contributed by atoms with Gasteiger partial charge in [0.25, 0.3) is 5.91 Å². The van der Waals surface area contributed by atoms with Crippen molar-refractivity contribution in [2.24, 2.45) is 0 Å².